The van der Waals surface area contributed by atoms with E-state index in [4.69, 9.17) is 13.9 Å². The molecule has 0 unspecified atom stereocenters. The smallest absolute Gasteiger partial charge is 0.410 e. The topological polar surface area (TPSA) is 117 Å². The lowest BCUT2D eigenvalue weighted by Crippen LogP contribution is -2.48. The fourth-order valence-electron chi connectivity index (χ4n) is 4.70. The first-order valence-corrected chi connectivity index (χ1v) is 17.9. The number of benzene rings is 1. The van der Waals surface area contributed by atoms with Crippen LogP contribution in [0.2, 0.25) is 18.1 Å². The summed E-state index contributed by atoms with van der Waals surface area (Å²) in [7, 11) is -2.22. The zero-order valence-corrected chi connectivity index (χ0v) is 28.0. The van der Waals surface area contributed by atoms with Crippen LogP contribution in [0.4, 0.5) is 10.5 Å². The maximum atomic E-state index is 13.6. The Labute approximate surface area is 261 Å². The maximum Gasteiger partial charge on any atom is 0.410 e. The fourth-order valence-corrected chi connectivity index (χ4v) is 5.98. The lowest BCUT2D eigenvalue weighted by Gasteiger charge is -2.41. The molecule has 0 bridgehead atoms. The first-order valence-electron chi connectivity index (χ1n) is 15.0. The zero-order valence-electron chi connectivity index (χ0n) is 27.0. The highest BCUT2D eigenvalue weighted by Crippen LogP contribution is 2.40. The maximum absolute atomic E-state index is 13.6. The van der Waals surface area contributed by atoms with Gasteiger partial charge >= 0.3 is 6.09 Å². The van der Waals surface area contributed by atoms with E-state index in [1.165, 1.54) is 12.3 Å². The lowest BCUT2D eigenvalue weighted by atomic mass is 9.98. The van der Waals surface area contributed by atoms with E-state index in [0.717, 1.165) is 28.9 Å². The summed E-state index contributed by atoms with van der Waals surface area (Å²) in [5.74, 6) is 0.748. The normalized spacial score (nSPS) is 16.0. The third kappa shape index (κ3) is 8.41. The van der Waals surface area contributed by atoms with Crippen LogP contribution in [-0.2, 0) is 15.6 Å². The Morgan fingerprint density at radius 3 is 2.48 bits per heavy atom. The first-order chi connectivity index (χ1) is 20.5. The molecular formula is C33H44N4O6Si. The molecule has 0 saturated carbocycles. The number of aromatic nitrogens is 2. The number of carbonyl (C=O) groups is 1. The van der Waals surface area contributed by atoms with E-state index in [-0.39, 0.29) is 22.9 Å². The Balaban J connectivity index is 1.56. The van der Waals surface area contributed by atoms with Crippen molar-refractivity contribution < 1.29 is 23.6 Å². The number of pyridine rings is 2. The molecule has 44 heavy (non-hydrogen) atoms. The summed E-state index contributed by atoms with van der Waals surface area (Å²) in [6, 6.07) is 12.8. The van der Waals surface area contributed by atoms with Gasteiger partial charge in [0.15, 0.2) is 8.32 Å². The average molecular weight is 621 g/mol. The van der Waals surface area contributed by atoms with Gasteiger partial charge in [0.1, 0.15) is 23.7 Å². The van der Waals surface area contributed by atoms with Crippen LogP contribution in [0.1, 0.15) is 65.2 Å². The minimum atomic E-state index is -2.22. The van der Waals surface area contributed by atoms with Crippen LogP contribution in [0.15, 0.2) is 61.1 Å². The zero-order chi connectivity index (χ0) is 32.3. The Morgan fingerprint density at radius 2 is 1.89 bits per heavy atom. The van der Waals surface area contributed by atoms with Crippen LogP contribution in [-0.4, -0.2) is 59.0 Å². The summed E-state index contributed by atoms with van der Waals surface area (Å²) >= 11 is 0. The standard InChI is InChI=1S/C33H44N4O6Si/c1-32(2,3)42-31(38)36(22-30(25-10-9-17-34-19-25)43-44(7,8)33(4,5)6)21-27-14-11-24-18-23(12-16-29(24)41-27)28-15-13-26(20-35-28)37(39)40/h9-10,12-13,15-20,27,30H,11,14,21-22H2,1-8H3/t27-,30+/m1/s1. The van der Waals surface area contributed by atoms with Gasteiger partial charge in [0.25, 0.3) is 5.69 Å². The third-order valence-electron chi connectivity index (χ3n) is 8.11. The molecule has 10 nitrogen and oxygen atoms in total. The van der Waals surface area contributed by atoms with Crippen molar-refractivity contribution in [2.24, 2.45) is 0 Å². The van der Waals surface area contributed by atoms with Gasteiger partial charge in [-0.25, -0.2) is 9.78 Å². The molecule has 11 heteroatoms. The van der Waals surface area contributed by atoms with Crippen molar-refractivity contribution in [3.8, 4) is 17.0 Å². The summed E-state index contributed by atoms with van der Waals surface area (Å²) < 4.78 is 19.2. The molecule has 1 amide bonds. The molecule has 4 rings (SSSR count). The Kier molecular flexibility index (Phi) is 9.79. The van der Waals surface area contributed by atoms with Gasteiger partial charge in [0.2, 0.25) is 0 Å². The minimum absolute atomic E-state index is 0.0246. The van der Waals surface area contributed by atoms with Gasteiger partial charge in [0.05, 0.1) is 29.8 Å². The summed E-state index contributed by atoms with van der Waals surface area (Å²) in [6.07, 6.45) is 5.19. The average Bonchev–Trinajstić information content (AvgIpc) is 2.95. The number of ether oxygens (including phenoxy) is 2. The van der Waals surface area contributed by atoms with Crippen LogP contribution < -0.4 is 4.74 Å². The first kappa shape index (κ1) is 33.1. The molecule has 1 aliphatic rings. The van der Waals surface area contributed by atoms with Crippen LogP contribution in [0.5, 0.6) is 5.75 Å². The van der Waals surface area contributed by atoms with E-state index in [1.54, 1.807) is 23.4 Å². The second-order valence-electron chi connectivity index (χ2n) is 13.8. The second kappa shape index (κ2) is 13.0. The van der Waals surface area contributed by atoms with Gasteiger partial charge in [0, 0.05) is 24.0 Å². The predicted molar refractivity (Wildman–Crippen MR) is 172 cm³/mol. The highest BCUT2D eigenvalue weighted by atomic mass is 28.4. The summed E-state index contributed by atoms with van der Waals surface area (Å²) in [5.41, 5.74) is 2.73. The van der Waals surface area contributed by atoms with E-state index in [1.807, 2.05) is 51.1 Å². The number of hydrogen-bond donors (Lipinski definition) is 0. The molecule has 2 aromatic heterocycles. The molecule has 1 aromatic carbocycles. The van der Waals surface area contributed by atoms with Crippen molar-refractivity contribution in [3.05, 3.63) is 82.3 Å². The molecule has 3 aromatic rings. The SMILES string of the molecule is CC(C)(C)OC(=O)N(C[C@H]1CCc2cc(-c3ccc([N+](=O)[O-])cn3)ccc2O1)C[C@H](O[Si](C)(C)C(C)(C)C)c1cccnc1. The molecule has 0 saturated heterocycles. The van der Waals surface area contributed by atoms with Crippen LogP contribution in [0.25, 0.3) is 11.3 Å². The predicted octanol–water partition coefficient (Wildman–Crippen LogP) is 7.75. The second-order valence-corrected chi connectivity index (χ2v) is 18.6. The highest BCUT2D eigenvalue weighted by molar-refractivity contribution is 6.74. The van der Waals surface area contributed by atoms with Crippen molar-refractivity contribution in [2.45, 2.75) is 90.3 Å². The monoisotopic (exact) mass is 620 g/mol. The fraction of sp³-hybridized carbons (Fsp3) is 0.485. The number of rotatable bonds is 9. The Morgan fingerprint density at radius 1 is 1.14 bits per heavy atom. The highest BCUT2D eigenvalue weighted by Gasteiger charge is 2.41. The number of amides is 1. The van der Waals surface area contributed by atoms with Crippen molar-refractivity contribution in [2.75, 3.05) is 13.1 Å². The largest absolute Gasteiger partial charge is 0.488 e. The van der Waals surface area contributed by atoms with Crippen molar-refractivity contribution in [1.82, 2.24) is 14.9 Å². The number of nitro groups is 1. The van der Waals surface area contributed by atoms with Crippen molar-refractivity contribution >= 4 is 20.1 Å². The van der Waals surface area contributed by atoms with E-state index in [2.05, 4.69) is 43.8 Å². The molecule has 0 N–H and O–H groups in total. The van der Waals surface area contributed by atoms with Crippen LogP contribution in [0.3, 0.4) is 0 Å². The molecule has 0 fully saturated rings. The van der Waals surface area contributed by atoms with Gasteiger partial charge in [-0.05, 0) is 93.2 Å². The van der Waals surface area contributed by atoms with Gasteiger partial charge in [-0.2, -0.15) is 0 Å². The van der Waals surface area contributed by atoms with E-state index in [9.17, 15) is 14.9 Å². The van der Waals surface area contributed by atoms with Crippen LogP contribution in [0, 0.1) is 10.1 Å². The molecule has 0 aliphatic carbocycles. The van der Waals surface area contributed by atoms with Crippen LogP contribution >= 0.6 is 0 Å². The number of carbonyl (C=O) groups excluding carboxylic acids is 1. The van der Waals surface area contributed by atoms with Gasteiger partial charge in [-0.3, -0.25) is 15.1 Å². The van der Waals surface area contributed by atoms with Gasteiger partial charge in [-0.15, -0.1) is 0 Å². The van der Waals surface area contributed by atoms with Gasteiger partial charge in [-0.1, -0.05) is 26.8 Å². The molecule has 3 heterocycles. The van der Waals surface area contributed by atoms with E-state index < -0.39 is 24.9 Å². The summed E-state index contributed by atoms with van der Waals surface area (Å²) in [6.45, 7) is 17.2. The number of aryl methyl sites for hydroxylation is 1. The Hall–Kier alpha value is -3.83. The van der Waals surface area contributed by atoms with E-state index >= 15 is 0 Å². The van der Waals surface area contributed by atoms with Gasteiger partial charge < -0.3 is 18.8 Å². The summed E-state index contributed by atoms with van der Waals surface area (Å²) in [4.78, 5) is 34.5. The van der Waals surface area contributed by atoms with Crippen molar-refractivity contribution in [1.29, 1.82) is 0 Å². The summed E-state index contributed by atoms with van der Waals surface area (Å²) in [5, 5.41) is 11.0. The van der Waals surface area contributed by atoms with E-state index in [0.29, 0.717) is 25.2 Å². The third-order valence-corrected chi connectivity index (χ3v) is 12.6. The molecule has 0 spiro atoms. The lowest BCUT2D eigenvalue weighted by molar-refractivity contribution is -0.385. The molecular weight excluding hydrogens is 576 g/mol. The molecule has 2 atom stereocenters. The number of nitrogens with zero attached hydrogens (tertiary/aromatic N) is 4. The Bertz CT molecular complexity index is 1450. The quantitative estimate of drug-likeness (QED) is 0.135. The molecule has 236 valence electrons. The number of hydrogen-bond acceptors (Lipinski definition) is 8. The van der Waals surface area contributed by atoms with Crippen molar-refractivity contribution in [3.63, 3.8) is 0 Å². The molecule has 1 aliphatic heterocycles. The number of fused-ring (bicyclic) bond motifs is 1. The molecule has 0 radical (unpaired) electrons. The minimum Gasteiger partial charge on any atom is -0.488 e.